The summed E-state index contributed by atoms with van der Waals surface area (Å²) in [6.45, 7) is 3.56. The molecule has 0 spiro atoms. The summed E-state index contributed by atoms with van der Waals surface area (Å²) in [5.74, 6) is 0.194. The van der Waals surface area contributed by atoms with Crippen LogP contribution in [0.15, 0.2) is 35.6 Å². The quantitative estimate of drug-likeness (QED) is 0.424. The van der Waals surface area contributed by atoms with Gasteiger partial charge in [-0.15, -0.1) is 0 Å². The van der Waals surface area contributed by atoms with Gasteiger partial charge in [0.1, 0.15) is 30.0 Å². The minimum absolute atomic E-state index is 0.0352. The van der Waals surface area contributed by atoms with Gasteiger partial charge in [-0.05, 0) is 12.1 Å². The Hall–Kier alpha value is -2.83. The largest absolute Gasteiger partial charge is 0.309 e. The summed E-state index contributed by atoms with van der Waals surface area (Å²) in [6, 6.07) is 3.06. The van der Waals surface area contributed by atoms with Crippen LogP contribution < -0.4 is 10.9 Å². The predicted octanol–water partition coefficient (Wildman–Crippen LogP) is 1.47. The van der Waals surface area contributed by atoms with Crippen molar-refractivity contribution in [3.63, 3.8) is 0 Å². The zero-order chi connectivity index (χ0) is 20.4. The van der Waals surface area contributed by atoms with Crippen LogP contribution in [0.2, 0.25) is 0 Å². The number of carbonyl (C=O) groups excluding carboxylic acids is 2. The Kier molecular flexibility index (Phi) is 5.72. The lowest BCUT2D eigenvalue weighted by Gasteiger charge is -2.12. The molecule has 1 N–H and O–H groups in total. The Labute approximate surface area is 174 Å². The lowest BCUT2D eigenvalue weighted by Crippen LogP contribution is -2.32. The summed E-state index contributed by atoms with van der Waals surface area (Å²) in [5, 5.41) is 6.94. The van der Waals surface area contributed by atoms with E-state index in [1.54, 1.807) is 23.7 Å². The van der Waals surface area contributed by atoms with Crippen molar-refractivity contribution in [2.75, 3.05) is 12.4 Å². The highest BCUT2D eigenvalue weighted by atomic mass is 127. The minimum Gasteiger partial charge on any atom is -0.309 e. The maximum absolute atomic E-state index is 12.8. The first-order valence-corrected chi connectivity index (χ1v) is 9.37. The molecule has 0 fully saturated rings. The standard InChI is InChI=1S/C17H18IN7O3/c1-10(2)15-22-25(8-14(26)21-13-4-5-19-9-20-13)17(28)12-6-11(7-24(12)15)16(27)23(3)18/h4-7,9-10H,8H2,1-3H3,(H,19,20,21,26). The molecular weight excluding hydrogens is 477 g/mol. The highest BCUT2D eigenvalue weighted by Crippen LogP contribution is 2.17. The van der Waals surface area contributed by atoms with Gasteiger partial charge in [0, 0.05) is 25.4 Å². The molecule has 0 aromatic carbocycles. The van der Waals surface area contributed by atoms with Gasteiger partial charge in [0.15, 0.2) is 0 Å². The Morgan fingerprint density at radius 2 is 2.11 bits per heavy atom. The number of hydrogen-bond acceptors (Lipinski definition) is 6. The fourth-order valence-corrected chi connectivity index (χ4v) is 2.92. The van der Waals surface area contributed by atoms with Crippen molar-refractivity contribution in [2.45, 2.75) is 26.3 Å². The second kappa shape index (κ2) is 8.04. The molecule has 3 rings (SSSR count). The first-order chi connectivity index (χ1) is 13.3. The maximum atomic E-state index is 12.8. The lowest BCUT2D eigenvalue weighted by atomic mass is 10.2. The van der Waals surface area contributed by atoms with Crippen LogP contribution in [-0.2, 0) is 11.3 Å². The predicted molar refractivity (Wildman–Crippen MR) is 110 cm³/mol. The van der Waals surface area contributed by atoms with Crippen molar-refractivity contribution < 1.29 is 9.59 Å². The maximum Gasteiger partial charge on any atom is 0.291 e. The van der Waals surface area contributed by atoms with Crippen LogP contribution >= 0.6 is 22.9 Å². The third-order valence-corrected chi connectivity index (χ3v) is 4.37. The van der Waals surface area contributed by atoms with Gasteiger partial charge in [-0.1, -0.05) is 13.8 Å². The van der Waals surface area contributed by atoms with Crippen molar-refractivity contribution in [3.05, 3.63) is 52.6 Å². The van der Waals surface area contributed by atoms with Gasteiger partial charge in [0.2, 0.25) is 5.91 Å². The molecule has 0 bridgehead atoms. The first kappa shape index (κ1) is 19.9. The number of anilines is 1. The van der Waals surface area contributed by atoms with E-state index in [9.17, 15) is 14.4 Å². The molecule has 2 amide bonds. The van der Waals surface area contributed by atoms with Crippen LogP contribution in [0.25, 0.3) is 5.52 Å². The number of aromatic nitrogens is 5. The zero-order valence-corrected chi connectivity index (χ0v) is 17.6. The summed E-state index contributed by atoms with van der Waals surface area (Å²) in [4.78, 5) is 45.1. The Balaban J connectivity index is 2.01. The van der Waals surface area contributed by atoms with Gasteiger partial charge < -0.3 is 5.32 Å². The monoisotopic (exact) mass is 495 g/mol. The molecule has 0 radical (unpaired) electrons. The zero-order valence-electron chi connectivity index (χ0n) is 15.5. The molecular formula is C17H18IN7O3. The summed E-state index contributed by atoms with van der Waals surface area (Å²) >= 11 is 1.87. The van der Waals surface area contributed by atoms with E-state index in [1.165, 1.54) is 21.7 Å². The van der Waals surface area contributed by atoms with Gasteiger partial charge >= 0.3 is 0 Å². The number of nitrogens with zero attached hydrogens (tertiary/aromatic N) is 6. The van der Waals surface area contributed by atoms with Crippen LogP contribution in [0.1, 0.15) is 35.9 Å². The Morgan fingerprint density at radius 1 is 1.36 bits per heavy atom. The average molecular weight is 495 g/mol. The van der Waals surface area contributed by atoms with Crippen LogP contribution in [0.3, 0.4) is 0 Å². The lowest BCUT2D eigenvalue weighted by molar-refractivity contribution is -0.117. The van der Waals surface area contributed by atoms with Gasteiger partial charge in [-0.25, -0.2) is 14.6 Å². The summed E-state index contributed by atoms with van der Waals surface area (Å²) in [5.41, 5.74) is 0.202. The highest BCUT2D eigenvalue weighted by Gasteiger charge is 2.19. The number of carbonyl (C=O) groups is 2. The molecule has 0 aliphatic carbocycles. The SMILES string of the molecule is CC(C)c1nn(CC(=O)Nc2ccncn2)c(=O)c2cc(C(=O)N(C)I)cn12. The van der Waals surface area contributed by atoms with E-state index in [-0.39, 0.29) is 23.9 Å². The van der Waals surface area contributed by atoms with Crippen LogP contribution in [-0.4, -0.2) is 46.1 Å². The molecule has 146 valence electrons. The molecule has 0 unspecified atom stereocenters. The van der Waals surface area contributed by atoms with Gasteiger partial charge in [-0.3, -0.25) is 21.9 Å². The van der Waals surface area contributed by atoms with Crippen molar-refractivity contribution in [1.82, 2.24) is 27.3 Å². The van der Waals surface area contributed by atoms with E-state index < -0.39 is 11.5 Å². The second-order valence-corrected chi connectivity index (χ2v) is 7.83. The van der Waals surface area contributed by atoms with Crippen LogP contribution in [0, 0.1) is 0 Å². The summed E-state index contributed by atoms with van der Waals surface area (Å²) in [6.07, 6.45) is 4.41. The third-order valence-electron chi connectivity index (χ3n) is 3.93. The molecule has 0 saturated carbocycles. The van der Waals surface area contributed by atoms with E-state index in [0.29, 0.717) is 17.2 Å². The molecule has 3 aromatic heterocycles. The molecule has 11 heteroatoms. The van der Waals surface area contributed by atoms with Gasteiger partial charge in [0.25, 0.3) is 11.5 Å². The van der Waals surface area contributed by atoms with Crippen LogP contribution in [0.5, 0.6) is 0 Å². The van der Waals surface area contributed by atoms with Crippen LogP contribution in [0.4, 0.5) is 5.82 Å². The van der Waals surface area contributed by atoms with E-state index in [0.717, 1.165) is 4.68 Å². The number of rotatable bonds is 5. The normalized spacial score (nSPS) is 11.0. The topological polar surface area (TPSA) is 114 Å². The molecule has 0 saturated heterocycles. The number of hydrogen-bond donors (Lipinski definition) is 1. The van der Waals surface area contributed by atoms with Crippen molar-refractivity contribution in [1.29, 1.82) is 0 Å². The number of nitrogens with one attached hydrogen (secondary N) is 1. The van der Waals surface area contributed by atoms with Crippen molar-refractivity contribution in [2.24, 2.45) is 0 Å². The summed E-state index contributed by atoms with van der Waals surface area (Å²) in [7, 11) is 1.63. The fraction of sp³-hybridized carbons (Fsp3) is 0.294. The van der Waals surface area contributed by atoms with Crippen molar-refractivity contribution in [3.8, 4) is 0 Å². The van der Waals surface area contributed by atoms with E-state index in [2.05, 4.69) is 20.4 Å². The molecule has 3 heterocycles. The Morgan fingerprint density at radius 3 is 2.71 bits per heavy atom. The van der Waals surface area contributed by atoms with E-state index >= 15 is 0 Å². The van der Waals surface area contributed by atoms with E-state index in [1.807, 2.05) is 36.7 Å². The van der Waals surface area contributed by atoms with Crippen molar-refractivity contribution >= 4 is 46.0 Å². The fourth-order valence-electron chi connectivity index (χ4n) is 2.65. The molecule has 0 aliphatic rings. The molecule has 28 heavy (non-hydrogen) atoms. The molecule has 10 nitrogen and oxygen atoms in total. The molecule has 3 aromatic rings. The second-order valence-electron chi connectivity index (χ2n) is 6.38. The highest BCUT2D eigenvalue weighted by molar-refractivity contribution is 14.1. The van der Waals surface area contributed by atoms with Gasteiger partial charge in [-0.2, -0.15) is 5.10 Å². The molecule has 0 aliphatic heterocycles. The number of amides is 2. The first-order valence-electron chi connectivity index (χ1n) is 8.40. The van der Waals surface area contributed by atoms with E-state index in [4.69, 9.17) is 0 Å². The number of halogens is 1. The Bertz CT molecular complexity index is 1090. The number of fused-ring (bicyclic) bond motifs is 1. The molecule has 0 atom stereocenters. The smallest absolute Gasteiger partial charge is 0.291 e. The minimum atomic E-state index is -0.461. The van der Waals surface area contributed by atoms with Gasteiger partial charge in [0.05, 0.1) is 28.4 Å². The summed E-state index contributed by atoms with van der Waals surface area (Å²) < 4.78 is 4.12. The third kappa shape index (κ3) is 4.03. The average Bonchev–Trinajstić information content (AvgIpc) is 3.09.